The standard InChI is InChI=1S/C9H18.C7H8O/c1-2-3-4-6-9-7-5-8-9;1-6-4-2-3-5-7(6)8/h9H,2-8H2,1H3;2-5,8H,1H3. The smallest absolute Gasteiger partial charge is 0.118 e. The highest BCUT2D eigenvalue weighted by Crippen LogP contribution is 2.30. The molecule has 0 spiro atoms. The summed E-state index contributed by atoms with van der Waals surface area (Å²) in [5.74, 6) is 1.50. The lowest BCUT2D eigenvalue weighted by molar-refractivity contribution is 0.287. The first kappa shape index (κ1) is 14.1. The predicted octanol–water partition coefficient (Wildman–Crippen LogP) is 5.07. The molecule has 1 fully saturated rings. The normalized spacial score (nSPS) is 14.7. The van der Waals surface area contributed by atoms with Crippen LogP contribution in [0.3, 0.4) is 0 Å². The van der Waals surface area contributed by atoms with Gasteiger partial charge in [0.1, 0.15) is 5.75 Å². The minimum Gasteiger partial charge on any atom is -0.508 e. The molecule has 0 saturated heterocycles. The van der Waals surface area contributed by atoms with E-state index >= 15 is 0 Å². The highest BCUT2D eigenvalue weighted by atomic mass is 16.3. The van der Waals surface area contributed by atoms with Crippen molar-refractivity contribution in [3.05, 3.63) is 29.8 Å². The van der Waals surface area contributed by atoms with E-state index in [4.69, 9.17) is 5.11 Å². The van der Waals surface area contributed by atoms with E-state index in [1.165, 1.54) is 44.9 Å². The molecule has 17 heavy (non-hydrogen) atoms. The Labute approximate surface area is 106 Å². The highest BCUT2D eigenvalue weighted by molar-refractivity contribution is 5.29. The average molecular weight is 234 g/mol. The van der Waals surface area contributed by atoms with Crippen LogP contribution in [0.4, 0.5) is 0 Å². The number of unbranched alkanes of at least 4 members (excludes halogenated alkanes) is 2. The number of phenolic OH excluding ortho intramolecular Hbond substituents is 1. The molecule has 0 aliphatic heterocycles. The van der Waals surface area contributed by atoms with Crippen LogP contribution < -0.4 is 0 Å². The molecule has 1 aromatic rings. The van der Waals surface area contributed by atoms with Gasteiger partial charge >= 0.3 is 0 Å². The molecule has 0 amide bonds. The van der Waals surface area contributed by atoms with Crippen molar-refractivity contribution in [1.29, 1.82) is 0 Å². The Bertz CT molecular complexity index is 281. The lowest BCUT2D eigenvalue weighted by Crippen LogP contribution is -2.10. The van der Waals surface area contributed by atoms with Crippen molar-refractivity contribution in [3.8, 4) is 5.75 Å². The molecule has 0 heterocycles. The van der Waals surface area contributed by atoms with Crippen LogP contribution in [0.2, 0.25) is 0 Å². The molecule has 1 aromatic carbocycles. The molecule has 0 atom stereocenters. The van der Waals surface area contributed by atoms with Gasteiger partial charge in [-0.25, -0.2) is 0 Å². The molecule has 1 heteroatoms. The van der Waals surface area contributed by atoms with Gasteiger partial charge in [0, 0.05) is 0 Å². The van der Waals surface area contributed by atoms with Crippen LogP contribution in [-0.2, 0) is 0 Å². The second kappa shape index (κ2) is 8.16. The molecule has 1 N–H and O–H groups in total. The first-order valence-electron chi connectivity index (χ1n) is 6.98. The largest absolute Gasteiger partial charge is 0.508 e. The lowest BCUT2D eigenvalue weighted by Gasteiger charge is -2.24. The molecule has 0 unspecified atom stereocenters. The molecule has 1 aliphatic carbocycles. The van der Waals surface area contributed by atoms with E-state index in [9.17, 15) is 0 Å². The summed E-state index contributed by atoms with van der Waals surface area (Å²) in [6.45, 7) is 4.15. The van der Waals surface area contributed by atoms with E-state index in [0.29, 0.717) is 5.75 Å². The first-order chi connectivity index (χ1) is 8.24. The van der Waals surface area contributed by atoms with Gasteiger partial charge < -0.3 is 5.11 Å². The predicted molar refractivity (Wildman–Crippen MR) is 74.3 cm³/mol. The van der Waals surface area contributed by atoms with E-state index < -0.39 is 0 Å². The van der Waals surface area contributed by atoms with Crippen molar-refractivity contribution in [3.63, 3.8) is 0 Å². The van der Waals surface area contributed by atoms with Crippen LogP contribution >= 0.6 is 0 Å². The monoisotopic (exact) mass is 234 g/mol. The van der Waals surface area contributed by atoms with E-state index in [2.05, 4.69) is 6.92 Å². The molecular weight excluding hydrogens is 208 g/mol. The minimum atomic E-state index is 0.368. The van der Waals surface area contributed by atoms with Gasteiger partial charge in [-0.1, -0.05) is 70.1 Å². The maximum Gasteiger partial charge on any atom is 0.118 e. The van der Waals surface area contributed by atoms with Gasteiger partial charge in [0.2, 0.25) is 0 Å². The van der Waals surface area contributed by atoms with Crippen LogP contribution in [0.5, 0.6) is 5.75 Å². The summed E-state index contributed by atoms with van der Waals surface area (Å²) in [6.07, 6.45) is 10.4. The zero-order valence-electron chi connectivity index (χ0n) is 11.3. The number of rotatable bonds is 4. The average Bonchev–Trinajstić information content (AvgIpc) is 2.27. The van der Waals surface area contributed by atoms with Crippen molar-refractivity contribution in [1.82, 2.24) is 0 Å². The van der Waals surface area contributed by atoms with Crippen molar-refractivity contribution >= 4 is 0 Å². The zero-order valence-corrected chi connectivity index (χ0v) is 11.3. The fourth-order valence-corrected chi connectivity index (χ4v) is 2.03. The van der Waals surface area contributed by atoms with Crippen LogP contribution in [0, 0.1) is 12.8 Å². The summed E-state index contributed by atoms with van der Waals surface area (Å²) in [4.78, 5) is 0. The Kier molecular flexibility index (Phi) is 6.76. The van der Waals surface area contributed by atoms with Crippen LogP contribution in [0.15, 0.2) is 24.3 Å². The van der Waals surface area contributed by atoms with Crippen molar-refractivity contribution < 1.29 is 5.11 Å². The third kappa shape index (κ3) is 5.76. The summed E-state index contributed by atoms with van der Waals surface area (Å²) < 4.78 is 0. The maximum absolute atomic E-state index is 8.92. The molecule has 1 aliphatic rings. The summed E-state index contributed by atoms with van der Waals surface area (Å²) in [6, 6.07) is 7.25. The van der Waals surface area contributed by atoms with E-state index in [-0.39, 0.29) is 0 Å². The Hall–Kier alpha value is -0.980. The molecular formula is C16H26O. The van der Waals surface area contributed by atoms with Crippen LogP contribution in [0.1, 0.15) is 57.4 Å². The lowest BCUT2D eigenvalue weighted by atomic mass is 9.82. The molecule has 0 bridgehead atoms. The number of hydrogen-bond donors (Lipinski definition) is 1. The summed E-state index contributed by atoms with van der Waals surface area (Å²) in [5, 5.41) is 8.92. The van der Waals surface area contributed by atoms with E-state index in [0.717, 1.165) is 11.5 Å². The number of hydrogen-bond acceptors (Lipinski definition) is 1. The van der Waals surface area contributed by atoms with Gasteiger partial charge in [0.25, 0.3) is 0 Å². The molecule has 0 aromatic heterocycles. The topological polar surface area (TPSA) is 20.2 Å². The second-order valence-electron chi connectivity index (χ2n) is 5.08. The summed E-state index contributed by atoms with van der Waals surface area (Å²) in [7, 11) is 0. The van der Waals surface area contributed by atoms with Crippen molar-refractivity contribution in [2.75, 3.05) is 0 Å². The number of aryl methyl sites for hydroxylation is 1. The number of para-hydroxylation sites is 1. The zero-order chi connectivity index (χ0) is 12.5. The fourth-order valence-electron chi connectivity index (χ4n) is 2.03. The Balaban J connectivity index is 0.000000171. The van der Waals surface area contributed by atoms with Gasteiger partial charge in [-0.15, -0.1) is 0 Å². The van der Waals surface area contributed by atoms with Crippen LogP contribution in [-0.4, -0.2) is 5.11 Å². The molecule has 96 valence electrons. The van der Waals surface area contributed by atoms with Gasteiger partial charge in [-0.3, -0.25) is 0 Å². The van der Waals surface area contributed by atoms with E-state index in [1.807, 2.05) is 25.1 Å². The maximum atomic E-state index is 8.92. The Morgan fingerprint density at radius 3 is 2.29 bits per heavy atom. The van der Waals surface area contributed by atoms with Crippen molar-refractivity contribution in [2.45, 2.75) is 58.8 Å². The number of benzene rings is 1. The second-order valence-corrected chi connectivity index (χ2v) is 5.08. The van der Waals surface area contributed by atoms with Gasteiger partial charge in [-0.05, 0) is 24.5 Å². The molecule has 1 nitrogen and oxygen atoms in total. The third-order valence-corrected chi connectivity index (χ3v) is 3.56. The molecule has 1 saturated carbocycles. The quantitative estimate of drug-likeness (QED) is 0.721. The number of phenols is 1. The Morgan fingerprint density at radius 1 is 1.18 bits per heavy atom. The molecule has 2 rings (SSSR count). The SMILES string of the molecule is CCCCCC1CCC1.Cc1ccccc1O. The number of aromatic hydroxyl groups is 1. The van der Waals surface area contributed by atoms with Gasteiger partial charge in [-0.2, -0.15) is 0 Å². The van der Waals surface area contributed by atoms with Crippen LogP contribution in [0.25, 0.3) is 0 Å². The third-order valence-electron chi connectivity index (χ3n) is 3.56. The van der Waals surface area contributed by atoms with Gasteiger partial charge in [0.05, 0.1) is 0 Å². The van der Waals surface area contributed by atoms with Gasteiger partial charge in [0.15, 0.2) is 0 Å². The molecule has 0 radical (unpaired) electrons. The van der Waals surface area contributed by atoms with Crippen molar-refractivity contribution in [2.24, 2.45) is 5.92 Å². The Morgan fingerprint density at radius 2 is 1.88 bits per heavy atom. The fraction of sp³-hybridized carbons (Fsp3) is 0.625. The van der Waals surface area contributed by atoms with E-state index in [1.54, 1.807) is 6.07 Å². The summed E-state index contributed by atoms with van der Waals surface area (Å²) >= 11 is 0. The minimum absolute atomic E-state index is 0.368. The first-order valence-corrected chi connectivity index (χ1v) is 6.98. The highest BCUT2D eigenvalue weighted by Gasteiger charge is 2.15. The summed E-state index contributed by atoms with van der Waals surface area (Å²) in [5.41, 5.74) is 0.924.